The molecule has 0 radical (unpaired) electrons. The summed E-state index contributed by atoms with van der Waals surface area (Å²) < 4.78 is 5.45. The molecule has 1 fully saturated rings. The molecule has 1 saturated carbocycles. The zero-order valence-corrected chi connectivity index (χ0v) is 12.3. The predicted molar refractivity (Wildman–Crippen MR) is 80.8 cm³/mol. The summed E-state index contributed by atoms with van der Waals surface area (Å²) in [6.07, 6.45) is 6.73. The molecule has 0 spiro atoms. The van der Waals surface area contributed by atoms with E-state index in [4.69, 9.17) is 10.00 Å². The molecule has 1 aromatic rings. The summed E-state index contributed by atoms with van der Waals surface area (Å²) in [5.41, 5.74) is 0.951. The van der Waals surface area contributed by atoms with Crippen LogP contribution in [0.5, 0.6) is 5.75 Å². The molecule has 1 N–H and O–H groups in total. The zero-order valence-electron chi connectivity index (χ0n) is 12.3. The van der Waals surface area contributed by atoms with Gasteiger partial charge in [-0.2, -0.15) is 5.26 Å². The maximum absolute atomic E-state index is 11.7. The molecule has 112 valence electrons. The Morgan fingerprint density at radius 1 is 1.24 bits per heavy atom. The molecule has 0 atom stereocenters. The molecule has 0 unspecified atom stereocenters. The highest BCUT2D eigenvalue weighted by Crippen LogP contribution is 2.22. The van der Waals surface area contributed by atoms with E-state index in [9.17, 15) is 4.79 Å². The second-order valence-electron chi connectivity index (χ2n) is 5.58. The van der Waals surface area contributed by atoms with Crippen LogP contribution in [0.25, 0.3) is 0 Å². The second kappa shape index (κ2) is 8.31. The molecule has 21 heavy (non-hydrogen) atoms. The molecular formula is C17H22N2O2. The number of hydrogen-bond acceptors (Lipinski definition) is 3. The first-order valence-electron chi connectivity index (χ1n) is 7.63. The number of nitriles is 1. The highest BCUT2D eigenvalue weighted by atomic mass is 16.5. The number of carbonyl (C=O) groups is 1. The van der Waals surface area contributed by atoms with Crippen molar-refractivity contribution in [1.29, 1.82) is 5.26 Å². The van der Waals surface area contributed by atoms with Crippen molar-refractivity contribution < 1.29 is 9.53 Å². The first-order valence-corrected chi connectivity index (χ1v) is 7.63. The van der Waals surface area contributed by atoms with Gasteiger partial charge in [0.25, 0.3) is 5.91 Å². The lowest BCUT2D eigenvalue weighted by Gasteiger charge is -2.21. The smallest absolute Gasteiger partial charge is 0.257 e. The second-order valence-corrected chi connectivity index (χ2v) is 5.58. The Bertz CT molecular complexity index is 485. The number of nitrogens with zero attached hydrogens (tertiary/aromatic N) is 1. The third kappa shape index (κ3) is 5.47. The van der Waals surface area contributed by atoms with Crippen LogP contribution in [0.2, 0.25) is 0 Å². The molecule has 0 heterocycles. The first-order chi connectivity index (χ1) is 10.3. The number of benzene rings is 1. The first kappa shape index (κ1) is 15.4. The minimum atomic E-state index is -0.0679. The quantitative estimate of drug-likeness (QED) is 0.874. The van der Waals surface area contributed by atoms with Gasteiger partial charge in [-0.3, -0.25) is 4.79 Å². The third-order valence-electron chi connectivity index (χ3n) is 3.89. The van der Waals surface area contributed by atoms with Crippen molar-refractivity contribution in [3.05, 3.63) is 29.8 Å². The van der Waals surface area contributed by atoms with Crippen molar-refractivity contribution in [2.45, 2.75) is 38.5 Å². The largest absolute Gasteiger partial charge is 0.484 e. The summed E-state index contributed by atoms with van der Waals surface area (Å²) in [7, 11) is 0. The van der Waals surface area contributed by atoms with Gasteiger partial charge >= 0.3 is 0 Å². The number of carbonyl (C=O) groups excluding carboxylic acids is 1. The van der Waals surface area contributed by atoms with Gasteiger partial charge in [0.1, 0.15) is 5.75 Å². The Labute approximate surface area is 126 Å². The number of hydrogen-bond donors (Lipinski definition) is 1. The van der Waals surface area contributed by atoms with Gasteiger partial charge < -0.3 is 10.1 Å². The van der Waals surface area contributed by atoms with E-state index < -0.39 is 0 Å². The van der Waals surface area contributed by atoms with E-state index in [1.807, 2.05) is 12.1 Å². The van der Waals surface area contributed by atoms with Crippen molar-refractivity contribution in [2.75, 3.05) is 13.2 Å². The van der Waals surface area contributed by atoms with Crippen LogP contribution in [0, 0.1) is 17.2 Å². The van der Waals surface area contributed by atoms with Crippen LogP contribution in [0.15, 0.2) is 24.3 Å². The monoisotopic (exact) mass is 286 g/mol. The van der Waals surface area contributed by atoms with Crippen molar-refractivity contribution in [2.24, 2.45) is 5.92 Å². The summed E-state index contributed by atoms with van der Waals surface area (Å²) >= 11 is 0. The van der Waals surface area contributed by atoms with Crippen LogP contribution in [0.4, 0.5) is 0 Å². The molecule has 4 heteroatoms. The normalized spacial score (nSPS) is 15.2. The zero-order chi connectivity index (χ0) is 14.9. The van der Waals surface area contributed by atoms with E-state index in [1.54, 1.807) is 12.1 Å². The maximum Gasteiger partial charge on any atom is 0.257 e. The molecule has 0 bridgehead atoms. The van der Waals surface area contributed by atoms with Crippen molar-refractivity contribution in [3.8, 4) is 11.8 Å². The molecule has 1 amide bonds. The minimum Gasteiger partial charge on any atom is -0.484 e. The van der Waals surface area contributed by atoms with Gasteiger partial charge in [-0.1, -0.05) is 31.4 Å². The Morgan fingerprint density at radius 2 is 1.95 bits per heavy atom. The number of amides is 1. The fraction of sp³-hybridized carbons (Fsp3) is 0.529. The van der Waals surface area contributed by atoms with Crippen LogP contribution >= 0.6 is 0 Å². The molecule has 2 rings (SSSR count). The number of ether oxygens (including phenoxy) is 1. The Kier molecular flexibility index (Phi) is 6.08. The lowest BCUT2D eigenvalue weighted by molar-refractivity contribution is -0.123. The fourth-order valence-corrected chi connectivity index (χ4v) is 2.64. The molecular weight excluding hydrogens is 264 g/mol. The minimum absolute atomic E-state index is 0.0459. The lowest BCUT2D eigenvalue weighted by Crippen LogP contribution is -2.33. The molecule has 4 nitrogen and oxygen atoms in total. The summed E-state index contributed by atoms with van der Waals surface area (Å²) in [6.45, 7) is 0.813. The van der Waals surface area contributed by atoms with Crippen LogP contribution in [0.1, 0.15) is 37.7 Å². The number of nitrogens with one attached hydrogen (secondary N) is 1. The molecule has 0 aliphatic heterocycles. The van der Waals surface area contributed by atoms with E-state index in [2.05, 4.69) is 11.4 Å². The Morgan fingerprint density at radius 3 is 2.62 bits per heavy atom. The van der Waals surface area contributed by atoms with E-state index in [1.165, 1.54) is 32.1 Å². The van der Waals surface area contributed by atoms with Gasteiger partial charge in [0.05, 0.1) is 12.5 Å². The summed E-state index contributed by atoms with van der Waals surface area (Å²) in [5.74, 6) is 1.22. The average molecular weight is 286 g/mol. The topological polar surface area (TPSA) is 62.1 Å². The van der Waals surface area contributed by atoms with Crippen molar-refractivity contribution >= 4 is 5.91 Å². The van der Waals surface area contributed by atoms with E-state index in [-0.39, 0.29) is 12.5 Å². The Balaban J connectivity index is 1.67. The maximum atomic E-state index is 11.7. The fourth-order valence-electron chi connectivity index (χ4n) is 2.64. The van der Waals surface area contributed by atoms with Gasteiger partial charge in [-0.25, -0.2) is 0 Å². The van der Waals surface area contributed by atoms with Gasteiger partial charge in [0.15, 0.2) is 6.61 Å². The highest BCUT2D eigenvalue weighted by Gasteiger charge is 2.14. The van der Waals surface area contributed by atoms with Crippen LogP contribution in [-0.4, -0.2) is 19.1 Å². The van der Waals surface area contributed by atoms with Crippen LogP contribution in [-0.2, 0) is 11.2 Å². The van der Waals surface area contributed by atoms with E-state index in [0.717, 1.165) is 12.1 Å². The standard InChI is InChI=1S/C17H22N2O2/c18-11-10-14-6-8-16(9-7-14)21-13-17(20)19-12-15-4-2-1-3-5-15/h6-9,15H,1-5,10,12-13H2,(H,19,20). The van der Waals surface area contributed by atoms with E-state index in [0.29, 0.717) is 18.1 Å². The van der Waals surface area contributed by atoms with E-state index >= 15 is 0 Å². The van der Waals surface area contributed by atoms with Crippen molar-refractivity contribution in [1.82, 2.24) is 5.32 Å². The molecule has 1 aliphatic carbocycles. The van der Waals surface area contributed by atoms with Gasteiger partial charge in [-0.15, -0.1) is 0 Å². The van der Waals surface area contributed by atoms with Crippen molar-refractivity contribution in [3.63, 3.8) is 0 Å². The molecule has 0 saturated heterocycles. The van der Waals surface area contributed by atoms with Gasteiger partial charge in [0.2, 0.25) is 0 Å². The van der Waals surface area contributed by atoms with Crippen LogP contribution < -0.4 is 10.1 Å². The van der Waals surface area contributed by atoms with Gasteiger partial charge in [0, 0.05) is 6.54 Å². The molecule has 1 aliphatic rings. The lowest BCUT2D eigenvalue weighted by atomic mass is 9.89. The SMILES string of the molecule is N#CCc1ccc(OCC(=O)NCC2CCCCC2)cc1. The average Bonchev–Trinajstić information content (AvgIpc) is 2.53. The van der Waals surface area contributed by atoms with Gasteiger partial charge in [-0.05, 0) is 36.5 Å². The Hall–Kier alpha value is -2.02. The highest BCUT2D eigenvalue weighted by molar-refractivity contribution is 5.77. The summed E-state index contributed by atoms with van der Waals surface area (Å²) in [6, 6.07) is 9.37. The summed E-state index contributed by atoms with van der Waals surface area (Å²) in [4.78, 5) is 11.7. The number of rotatable bonds is 6. The molecule has 0 aromatic heterocycles. The molecule has 1 aromatic carbocycles. The van der Waals surface area contributed by atoms with Crippen LogP contribution in [0.3, 0.4) is 0 Å². The predicted octanol–water partition coefficient (Wildman–Crippen LogP) is 2.83. The summed E-state index contributed by atoms with van der Waals surface area (Å²) in [5, 5.41) is 11.5. The third-order valence-corrected chi connectivity index (χ3v) is 3.89.